The van der Waals surface area contributed by atoms with E-state index in [2.05, 4.69) is 11.4 Å². The molecule has 0 aliphatic carbocycles. The number of amides is 2. The van der Waals surface area contributed by atoms with Crippen LogP contribution in [0.15, 0.2) is 16.3 Å². The highest BCUT2D eigenvalue weighted by Crippen LogP contribution is 2.38. The molecule has 4 rings (SSSR count). The molecule has 0 aromatic carbocycles. The number of rotatable bonds is 4. The molecule has 1 saturated heterocycles. The summed E-state index contributed by atoms with van der Waals surface area (Å²) in [5, 5.41) is 12.9. The smallest absolute Gasteiger partial charge is 0.253 e. The third-order valence-corrected chi connectivity index (χ3v) is 10.5. The van der Waals surface area contributed by atoms with E-state index in [1.807, 2.05) is 0 Å². The highest BCUT2D eigenvalue weighted by Gasteiger charge is 2.39. The zero-order valence-corrected chi connectivity index (χ0v) is 20.5. The highest BCUT2D eigenvalue weighted by atomic mass is 35.5. The number of piperidine rings is 1. The lowest BCUT2D eigenvalue weighted by atomic mass is 10.0. The van der Waals surface area contributed by atoms with Crippen molar-refractivity contribution in [2.75, 3.05) is 18.4 Å². The standard InChI is InChI=1S/C20H21ClN4O4S3/c1-12(26)24-9-7-13-14(10-22)20(30-16(13)11-24)23-19(27)15-4-2-3-8-25(15)32(28,29)18-6-5-17(21)31-18/h5-6,15H,2-4,7-9,11H2,1H3,(H,23,27). The first-order chi connectivity index (χ1) is 15.2. The van der Waals surface area contributed by atoms with Gasteiger partial charge >= 0.3 is 0 Å². The number of nitrogens with one attached hydrogen (secondary N) is 1. The van der Waals surface area contributed by atoms with Crippen LogP contribution in [0.3, 0.4) is 0 Å². The third kappa shape index (κ3) is 4.30. The van der Waals surface area contributed by atoms with Gasteiger partial charge < -0.3 is 10.2 Å². The van der Waals surface area contributed by atoms with E-state index >= 15 is 0 Å². The van der Waals surface area contributed by atoms with Crippen molar-refractivity contribution in [1.29, 1.82) is 5.26 Å². The maximum absolute atomic E-state index is 13.2. The number of anilines is 1. The molecule has 2 aromatic rings. The molecule has 4 heterocycles. The van der Waals surface area contributed by atoms with Crippen LogP contribution in [-0.2, 0) is 32.6 Å². The second-order valence-corrected chi connectivity index (χ2v) is 12.6. The molecule has 2 aliphatic heterocycles. The maximum Gasteiger partial charge on any atom is 0.253 e. The molecule has 2 amide bonds. The molecule has 0 saturated carbocycles. The summed E-state index contributed by atoms with van der Waals surface area (Å²) in [6.07, 6.45) is 2.34. The normalized spacial score (nSPS) is 19.3. The van der Waals surface area contributed by atoms with Gasteiger partial charge in [0.15, 0.2) is 0 Å². The molecule has 32 heavy (non-hydrogen) atoms. The first-order valence-corrected chi connectivity index (χ1v) is 13.6. The van der Waals surface area contributed by atoms with Crippen molar-refractivity contribution in [2.24, 2.45) is 0 Å². The number of fused-ring (bicyclic) bond motifs is 1. The first-order valence-electron chi connectivity index (χ1n) is 10.1. The molecular weight excluding hydrogens is 492 g/mol. The fourth-order valence-electron chi connectivity index (χ4n) is 4.08. The van der Waals surface area contributed by atoms with Gasteiger partial charge in [-0.2, -0.15) is 9.57 Å². The van der Waals surface area contributed by atoms with Gasteiger partial charge in [-0.1, -0.05) is 18.0 Å². The monoisotopic (exact) mass is 512 g/mol. The second kappa shape index (κ2) is 9.11. The molecule has 1 unspecified atom stereocenters. The second-order valence-electron chi connectivity index (χ2n) is 7.69. The van der Waals surface area contributed by atoms with Gasteiger partial charge in [0.05, 0.1) is 16.4 Å². The Balaban J connectivity index is 1.59. The molecule has 1 atom stereocenters. The molecule has 0 radical (unpaired) electrons. The molecular formula is C20H21ClN4O4S3. The van der Waals surface area contributed by atoms with Gasteiger partial charge in [-0.25, -0.2) is 8.42 Å². The molecule has 2 aliphatic rings. The van der Waals surface area contributed by atoms with E-state index in [4.69, 9.17) is 11.6 Å². The SMILES string of the molecule is CC(=O)N1CCc2c(sc(NC(=O)C3CCCCN3S(=O)(=O)c3ccc(Cl)s3)c2C#N)C1. The number of halogens is 1. The molecule has 12 heteroatoms. The van der Waals surface area contributed by atoms with E-state index in [9.17, 15) is 23.3 Å². The molecule has 1 fully saturated rings. The lowest BCUT2D eigenvalue weighted by Crippen LogP contribution is -2.49. The topological polar surface area (TPSA) is 111 Å². The summed E-state index contributed by atoms with van der Waals surface area (Å²) in [5.41, 5.74) is 1.25. The van der Waals surface area contributed by atoms with Crippen molar-refractivity contribution in [1.82, 2.24) is 9.21 Å². The number of nitriles is 1. The van der Waals surface area contributed by atoms with Crippen LogP contribution in [-0.4, -0.2) is 48.6 Å². The predicted molar refractivity (Wildman–Crippen MR) is 123 cm³/mol. The third-order valence-electron chi connectivity index (χ3n) is 5.72. The Morgan fingerprint density at radius 1 is 1.25 bits per heavy atom. The van der Waals surface area contributed by atoms with Crippen LogP contribution in [0.1, 0.15) is 42.2 Å². The van der Waals surface area contributed by atoms with E-state index in [0.717, 1.165) is 28.2 Å². The van der Waals surface area contributed by atoms with Gasteiger partial charge in [-0.3, -0.25) is 9.59 Å². The van der Waals surface area contributed by atoms with E-state index < -0.39 is 22.0 Å². The lowest BCUT2D eigenvalue weighted by molar-refractivity contribution is -0.129. The summed E-state index contributed by atoms with van der Waals surface area (Å²) in [6, 6.07) is 4.28. The van der Waals surface area contributed by atoms with E-state index in [1.54, 1.807) is 4.90 Å². The Hall–Kier alpha value is -1.97. The Labute approximate surface area is 199 Å². The zero-order chi connectivity index (χ0) is 23.0. The van der Waals surface area contributed by atoms with Gasteiger partial charge in [0.2, 0.25) is 11.8 Å². The fourth-order valence-corrected chi connectivity index (χ4v) is 8.57. The molecule has 1 N–H and O–H groups in total. The van der Waals surface area contributed by atoms with Gasteiger partial charge in [-0.05, 0) is 37.0 Å². The Morgan fingerprint density at radius 3 is 2.69 bits per heavy atom. The molecule has 0 spiro atoms. The average molecular weight is 513 g/mol. The number of hydrogen-bond acceptors (Lipinski definition) is 7. The van der Waals surface area contributed by atoms with Crippen LogP contribution < -0.4 is 5.32 Å². The number of hydrogen-bond donors (Lipinski definition) is 1. The highest BCUT2D eigenvalue weighted by molar-refractivity contribution is 7.91. The van der Waals surface area contributed by atoms with Crippen LogP contribution >= 0.6 is 34.3 Å². The molecule has 8 nitrogen and oxygen atoms in total. The van der Waals surface area contributed by atoms with Gasteiger partial charge in [-0.15, -0.1) is 22.7 Å². The summed E-state index contributed by atoms with van der Waals surface area (Å²) in [5.74, 6) is -0.487. The van der Waals surface area contributed by atoms with Crippen LogP contribution in [0.4, 0.5) is 5.00 Å². The molecule has 170 valence electrons. The molecule has 0 bridgehead atoms. The van der Waals surface area contributed by atoms with E-state index in [1.165, 1.54) is 34.7 Å². The fraction of sp³-hybridized carbons (Fsp3) is 0.450. The van der Waals surface area contributed by atoms with E-state index in [0.29, 0.717) is 47.3 Å². The van der Waals surface area contributed by atoms with Crippen molar-refractivity contribution in [3.63, 3.8) is 0 Å². The van der Waals surface area contributed by atoms with Gasteiger partial charge in [0.1, 0.15) is 21.3 Å². The van der Waals surface area contributed by atoms with Crippen LogP contribution in [0.2, 0.25) is 4.34 Å². The summed E-state index contributed by atoms with van der Waals surface area (Å²) >= 11 is 8.17. The number of carbonyl (C=O) groups is 2. The largest absolute Gasteiger partial charge is 0.337 e. The number of nitrogens with zero attached hydrogens (tertiary/aromatic N) is 3. The Bertz CT molecular complexity index is 1210. The minimum absolute atomic E-state index is 0.0372. The van der Waals surface area contributed by atoms with Gasteiger partial charge in [0, 0.05) is 24.9 Å². The van der Waals surface area contributed by atoms with E-state index in [-0.39, 0.29) is 16.7 Å². The van der Waals surface area contributed by atoms with Crippen LogP contribution in [0.25, 0.3) is 0 Å². The number of sulfonamides is 1. The first kappa shape index (κ1) is 23.2. The number of carbonyl (C=O) groups excluding carboxylic acids is 2. The lowest BCUT2D eigenvalue weighted by Gasteiger charge is -2.33. The summed E-state index contributed by atoms with van der Waals surface area (Å²) in [7, 11) is -3.86. The summed E-state index contributed by atoms with van der Waals surface area (Å²) in [6.45, 7) is 2.68. The maximum atomic E-state index is 13.2. The summed E-state index contributed by atoms with van der Waals surface area (Å²) < 4.78 is 28.0. The van der Waals surface area contributed by atoms with Crippen molar-refractivity contribution in [2.45, 2.75) is 49.4 Å². The number of thiophene rings is 2. The minimum atomic E-state index is -3.86. The quantitative estimate of drug-likeness (QED) is 0.674. The minimum Gasteiger partial charge on any atom is -0.337 e. The average Bonchev–Trinajstić information content (AvgIpc) is 3.36. The van der Waals surface area contributed by atoms with Crippen molar-refractivity contribution in [3.05, 3.63) is 32.5 Å². The Morgan fingerprint density at radius 2 is 2.03 bits per heavy atom. The van der Waals surface area contributed by atoms with Crippen molar-refractivity contribution >= 4 is 61.1 Å². The summed E-state index contributed by atoms with van der Waals surface area (Å²) in [4.78, 5) is 27.5. The van der Waals surface area contributed by atoms with Crippen molar-refractivity contribution < 1.29 is 18.0 Å². The predicted octanol–water partition coefficient (Wildman–Crippen LogP) is 3.42. The van der Waals surface area contributed by atoms with Gasteiger partial charge in [0.25, 0.3) is 10.0 Å². The molecule has 2 aromatic heterocycles. The van der Waals surface area contributed by atoms with Crippen molar-refractivity contribution in [3.8, 4) is 6.07 Å². The Kier molecular flexibility index (Phi) is 6.61. The van der Waals surface area contributed by atoms with Crippen LogP contribution in [0, 0.1) is 11.3 Å². The zero-order valence-electron chi connectivity index (χ0n) is 17.3. The van der Waals surface area contributed by atoms with Crippen LogP contribution in [0.5, 0.6) is 0 Å².